The van der Waals surface area contributed by atoms with E-state index < -0.39 is 0 Å². The van der Waals surface area contributed by atoms with E-state index in [1.54, 1.807) is 20.3 Å². The van der Waals surface area contributed by atoms with Gasteiger partial charge in [0, 0.05) is 17.9 Å². The minimum Gasteiger partial charge on any atom is -0.481 e. The van der Waals surface area contributed by atoms with Crippen molar-refractivity contribution in [2.75, 3.05) is 31.0 Å². The van der Waals surface area contributed by atoms with Gasteiger partial charge in [0.15, 0.2) is 0 Å². The molecule has 106 valence electrons. The Bertz CT molecular complexity index is 393. The number of hydrogen-bond acceptors (Lipinski definition) is 5. The molecule has 1 saturated heterocycles. The molecule has 2 rings (SSSR count). The van der Waals surface area contributed by atoms with E-state index in [2.05, 4.69) is 30.8 Å². The van der Waals surface area contributed by atoms with Crippen molar-refractivity contribution in [3.8, 4) is 11.8 Å². The Morgan fingerprint density at radius 3 is 2.53 bits per heavy atom. The lowest BCUT2D eigenvalue weighted by Gasteiger charge is -2.35. The van der Waals surface area contributed by atoms with Crippen molar-refractivity contribution >= 4 is 21.9 Å². The Kier molecular flexibility index (Phi) is 5.24. The van der Waals surface area contributed by atoms with Crippen molar-refractivity contribution in [1.82, 2.24) is 9.97 Å². The van der Waals surface area contributed by atoms with E-state index in [9.17, 15) is 0 Å². The summed E-state index contributed by atoms with van der Waals surface area (Å²) >= 11 is 3.52. The Hall–Kier alpha value is -1.04. The minimum atomic E-state index is 0.491. The number of alkyl halides is 1. The number of anilines is 1. The Balaban J connectivity index is 2.26. The molecule has 0 saturated carbocycles. The van der Waals surface area contributed by atoms with Crippen molar-refractivity contribution < 1.29 is 9.47 Å². The van der Waals surface area contributed by atoms with Crippen LogP contribution in [0.1, 0.15) is 25.7 Å². The first-order valence-corrected chi connectivity index (χ1v) is 7.70. The van der Waals surface area contributed by atoms with Crippen molar-refractivity contribution in [2.24, 2.45) is 0 Å². The molecule has 0 radical (unpaired) electrons. The molecule has 0 aromatic carbocycles. The van der Waals surface area contributed by atoms with Gasteiger partial charge in [0.05, 0.1) is 20.3 Å². The highest BCUT2D eigenvalue weighted by molar-refractivity contribution is 9.09. The summed E-state index contributed by atoms with van der Waals surface area (Å²) in [6, 6.07) is 2.19. The highest BCUT2D eigenvalue weighted by Crippen LogP contribution is 2.27. The zero-order chi connectivity index (χ0) is 13.7. The Morgan fingerprint density at radius 2 is 1.95 bits per heavy atom. The van der Waals surface area contributed by atoms with Crippen LogP contribution in [0.4, 0.5) is 5.95 Å². The zero-order valence-corrected chi connectivity index (χ0v) is 13.0. The molecule has 5 nitrogen and oxygen atoms in total. The summed E-state index contributed by atoms with van der Waals surface area (Å²) in [6.07, 6.45) is 4.74. The second-order valence-corrected chi connectivity index (χ2v) is 5.37. The monoisotopic (exact) mass is 329 g/mol. The normalized spacial score (nSPS) is 19.3. The first-order chi connectivity index (χ1) is 9.28. The number of piperidine rings is 1. The van der Waals surface area contributed by atoms with E-state index >= 15 is 0 Å². The van der Waals surface area contributed by atoms with Gasteiger partial charge in [-0.1, -0.05) is 15.9 Å². The lowest BCUT2D eigenvalue weighted by molar-refractivity contribution is 0.367. The molecular weight excluding hydrogens is 310 g/mol. The largest absolute Gasteiger partial charge is 0.481 e. The maximum atomic E-state index is 5.22. The van der Waals surface area contributed by atoms with Crippen LogP contribution >= 0.6 is 15.9 Å². The van der Waals surface area contributed by atoms with Gasteiger partial charge in [-0.3, -0.25) is 0 Å². The molecule has 1 fully saturated rings. The third-order valence-corrected chi connectivity index (χ3v) is 3.87. The van der Waals surface area contributed by atoms with Gasteiger partial charge in [0.2, 0.25) is 17.7 Å². The molecule has 0 amide bonds. The SMILES string of the molecule is COc1cc(OC)nc(N2CCCCC2CCBr)n1. The van der Waals surface area contributed by atoms with Crippen LogP contribution in [0.15, 0.2) is 6.07 Å². The van der Waals surface area contributed by atoms with E-state index in [1.165, 1.54) is 19.3 Å². The average Bonchev–Trinajstić information content (AvgIpc) is 2.47. The van der Waals surface area contributed by atoms with Crippen LogP contribution in [0.5, 0.6) is 11.8 Å². The summed E-state index contributed by atoms with van der Waals surface area (Å²) in [5.74, 6) is 1.80. The van der Waals surface area contributed by atoms with Gasteiger partial charge in [0.25, 0.3) is 0 Å². The van der Waals surface area contributed by atoms with Gasteiger partial charge in [0.1, 0.15) is 0 Å². The number of methoxy groups -OCH3 is 2. The van der Waals surface area contributed by atoms with Crippen molar-refractivity contribution in [3.63, 3.8) is 0 Å². The Labute approximate surface area is 122 Å². The molecule has 1 aliphatic heterocycles. The van der Waals surface area contributed by atoms with E-state index in [1.807, 2.05) is 0 Å². The standard InChI is InChI=1S/C13H20BrN3O2/c1-18-11-9-12(19-2)16-13(15-11)17-8-4-3-5-10(17)6-7-14/h9-10H,3-8H2,1-2H3. The van der Waals surface area contributed by atoms with E-state index in [0.717, 1.165) is 18.3 Å². The summed E-state index contributed by atoms with van der Waals surface area (Å²) in [5.41, 5.74) is 0. The summed E-state index contributed by atoms with van der Waals surface area (Å²) in [6.45, 7) is 0.994. The van der Waals surface area contributed by atoms with Crippen LogP contribution < -0.4 is 14.4 Å². The summed E-state index contributed by atoms with van der Waals surface area (Å²) < 4.78 is 10.4. The second-order valence-electron chi connectivity index (χ2n) is 4.57. The number of rotatable bonds is 5. The predicted molar refractivity (Wildman–Crippen MR) is 78.5 cm³/mol. The maximum absolute atomic E-state index is 5.22. The zero-order valence-electron chi connectivity index (χ0n) is 11.4. The molecule has 1 aliphatic rings. The van der Waals surface area contributed by atoms with E-state index in [0.29, 0.717) is 23.8 Å². The van der Waals surface area contributed by atoms with Crippen LogP contribution in [0.25, 0.3) is 0 Å². The van der Waals surface area contributed by atoms with Gasteiger partial charge >= 0.3 is 0 Å². The Morgan fingerprint density at radius 1 is 1.26 bits per heavy atom. The fourth-order valence-electron chi connectivity index (χ4n) is 2.42. The molecule has 0 N–H and O–H groups in total. The quantitative estimate of drug-likeness (QED) is 0.777. The highest BCUT2D eigenvalue weighted by Gasteiger charge is 2.25. The molecule has 1 aromatic heterocycles. The van der Waals surface area contributed by atoms with Gasteiger partial charge in [-0.2, -0.15) is 9.97 Å². The number of aromatic nitrogens is 2. The molecule has 2 heterocycles. The van der Waals surface area contributed by atoms with E-state index in [-0.39, 0.29) is 0 Å². The first kappa shape index (κ1) is 14.4. The molecule has 19 heavy (non-hydrogen) atoms. The molecule has 6 heteroatoms. The molecule has 0 spiro atoms. The lowest BCUT2D eigenvalue weighted by atomic mass is 10.0. The number of nitrogens with zero attached hydrogens (tertiary/aromatic N) is 3. The third kappa shape index (κ3) is 3.49. The lowest BCUT2D eigenvalue weighted by Crippen LogP contribution is -2.41. The third-order valence-electron chi connectivity index (χ3n) is 3.41. The fraction of sp³-hybridized carbons (Fsp3) is 0.692. The van der Waals surface area contributed by atoms with Crippen molar-refractivity contribution in [1.29, 1.82) is 0 Å². The predicted octanol–water partition coefficient (Wildman–Crippen LogP) is 2.64. The summed E-state index contributed by atoms with van der Waals surface area (Å²) in [5, 5.41) is 0.995. The van der Waals surface area contributed by atoms with Crippen LogP contribution in [0.3, 0.4) is 0 Å². The number of ether oxygens (including phenoxy) is 2. The van der Waals surface area contributed by atoms with Crippen molar-refractivity contribution in [3.05, 3.63) is 6.07 Å². The van der Waals surface area contributed by atoms with Gasteiger partial charge < -0.3 is 14.4 Å². The van der Waals surface area contributed by atoms with Crippen LogP contribution in [0.2, 0.25) is 0 Å². The van der Waals surface area contributed by atoms with E-state index in [4.69, 9.17) is 9.47 Å². The number of hydrogen-bond donors (Lipinski definition) is 0. The van der Waals surface area contributed by atoms with Crippen LogP contribution in [-0.4, -0.2) is 42.1 Å². The first-order valence-electron chi connectivity index (χ1n) is 6.58. The van der Waals surface area contributed by atoms with Gasteiger partial charge in [-0.25, -0.2) is 0 Å². The maximum Gasteiger partial charge on any atom is 0.232 e. The van der Waals surface area contributed by atoms with Gasteiger partial charge in [-0.15, -0.1) is 0 Å². The number of halogens is 1. The molecule has 1 aromatic rings. The average molecular weight is 330 g/mol. The fourth-order valence-corrected chi connectivity index (χ4v) is 2.95. The minimum absolute atomic E-state index is 0.491. The highest BCUT2D eigenvalue weighted by atomic mass is 79.9. The van der Waals surface area contributed by atoms with Crippen LogP contribution in [-0.2, 0) is 0 Å². The molecule has 0 bridgehead atoms. The second kappa shape index (κ2) is 6.93. The smallest absolute Gasteiger partial charge is 0.232 e. The molecular formula is C13H20BrN3O2. The van der Waals surface area contributed by atoms with Gasteiger partial charge in [-0.05, 0) is 25.7 Å². The topological polar surface area (TPSA) is 47.5 Å². The summed E-state index contributed by atoms with van der Waals surface area (Å²) in [7, 11) is 3.22. The molecule has 0 aliphatic carbocycles. The molecule has 1 atom stereocenters. The van der Waals surface area contributed by atoms with Crippen LogP contribution in [0, 0.1) is 0 Å². The molecule has 1 unspecified atom stereocenters. The van der Waals surface area contributed by atoms with Crippen molar-refractivity contribution in [2.45, 2.75) is 31.7 Å². The summed E-state index contributed by atoms with van der Waals surface area (Å²) in [4.78, 5) is 11.2.